The van der Waals surface area contributed by atoms with Crippen LogP contribution in [0.5, 0.6) is 0 Å². The molecule has 4 nitrogen and oxygen atoms in total. The van der Waals surface area contributed by atoms with Gasteiger partial charge in [0.2, 0.25) is 0 Å². The van der Waals surface area contributed by atoms with Gasteiger partial charge < -0.3 is 0 Å². The summed E-state index contributed by atoms with van der Waals surface area (Å²) in [6.07, 6.45) is 1.74. The van der Waals surface area contributed by atoms with Gasteiger partial charge >= 0.3 is 0 Å². The zero-order valence-electron chi connectivity index (χ0n) is 13.5. The topological polar surface area (TPSA) is 50.3 Å². The third kappa shape index (κ3) is 2.80. The molecule has 0 aliphatic carbocycles. The molecular weight excluding hydrogens is 368 g/mol. The van der Waals surface area contributed by atoms with Gasteiger partial charge in [0.25, 0.3) is 11.8 Å². The van der Waals surface area contributed by atoms with Crippen molar-refractivity contribution in [1.82, 2.24) is 9.88 Å². The second-order valence-corrected chi connectivity index (χ2v) is 6.90. The Hall–Kier alpha value is -2.27. The van der Waals surface area contributed by atoms with E-state index in [1.165, 1.54) is 4.90 Å². The molecule has 1 aliphatic rings. The quantitative estimate of drug-likeness (QED) is 0.582. The molecule has 0 radical (unpaired) electrons. The van der Waals surface area contributed by atoms with Crippen molar-refractivity contribution in [2.24, 2.45) is 5.92 Å². The summed E-state index contributed by atoms with van der Waals surface area (Å²) in [7, 11) is 0. The number of imide groups is 1. The van der Waals surface area contributed by atoms with Gasteiger partial charge in [0.1, 0.15) is 4.60 Å². The van der Waals surface area contributed by atoms with E-state index in [2.05, 4.69) is 41.3 Å². The Morgan fingerprint density at radius 2 is 1.79 bits per heavy atom. The van der Waals surface area contributed by atoms with Crippen LogP contribution in [0.3, 0.4) is 0 Å². The molecule has 1 aliphatic heterocycles. The third-order valence-electron chi connectivity index (χ3n) is 4.21. The van der Waals surface area contributed by atoms with Crippen LogP contribution < -0.4 is 0 Å². The molecule has 1 aromatic heterocycles. The second kappa shape index (κ2) is 6.32. The largest absolute Gasteiger partial charge is 0.270 e. The van der Waals surface area contributed by atoms with Crippen LogP contribution in [0.15, 0.2) is 47.7 Å². The number of hydrogen-bond donors (Lipinski definition) is 0. The molecule has 1 aromatic carbocycles. The predicted octanol–water partition coefficient (Wildman–Crippen LogP) is 4.31. The summed E-state index contributed by atoms with van der Waals surface area (Å²) < 4.78 is 0.661. The van der Waals surface area contributed by atoms with Crippen LogP contribution >= 0.6 is 15.9 Å². The molecule has 0 saturated heterocycles. The fourth-order valence-corrected chi connectivity index (χ4v) is 3.13. The summed E-state index contributed by atoms with van der Waals surface area (Å²) >= 11 is 3.36. The van der Waals surface area contributed by atoms with Crippen LogP contribution in [0.2, 0.25) is 0 Å². The maximum Gasteiger partial charge on any atom is 0.261 e. The van der Waals surface area contributed by atoms with Crippen LogP contribution in [0.25, 0.3) is 5.57 Å². The maximum atomic E-state index is 12.6. The van der Waals surface area contributed by atoms with Gasteiger partial charge in [-0.05, 0) is 51.2 Å². The Morgan fingerprint density at radius 1 is 1.21 bits per heavy atom. The van der Waals surface area contributed by atoms with Crippen molar-refractivity contribution in [1.29, 1.82) is 0 Å². The van der Waals surface area contributed by atoms with Gasteiger partial charge in [-0.15, -0.1) is 0 Å². The third-order valence-corrected chi connectivity index (χ3v) is 4.64. The van der Waals surface area contributed by atoms with Gasteiger partial charge in [-0.1, -0.05) is 32.6 Å². The highest BCUT2D eigenvalue weighted by Crippen LogP contribution is 2.29. The molecule has 0 unspecified atom stereocenters. The first-order valence-electron chi connectivity index (χ1n) is 7.69. The Kier molecular flexibility index (Phi) is 4.37. The van der Waals surface area contributed by atoms with Crippen LogP contribution in [0, 0.1) is 5.92 Å². The lowest BCUT2D eigenvalue weighted by molar-refractivity contribution is 0.0642. The molecule has 2 heterocycles. The number of hydrogen-bond acceptors (Lipinski definition) is 3. The number of carbonyl (C=O) groups excluding carboxylic acids is 2. The molecule has 5 heteroatoms. The summed E-state index contributed by atoms with van der Waals surface area (Å²) in [6.45, 7) is 8.43. The van der Waals surface area contributed by atoms with Crippen molar-refractivity contribution in [3.63, 3.8) is 0 Å². The number of aromatic nitrogens is 1. The number of nitrogens with zero attached hydrogens (tertiary/aromatic N) is 2. The highest BCUT2D eigenvalue weighted by Gasteiger charge is 2.35. The molecular formula is C19H17BrN2O2. The number of carbonyl (C=O) groups is 2. The van der Waals surface area contributed by atoms with E-state index < -0.39 is 0 Å². The monoisotopic (exact) mass is 384 g/mol. The summed E-state index contributed by atoms with van der Waals surface area (Å²) in [4.78, 5) is 30.7. The SMILES string of the molecule is C=C(c1cnc(Br)cc1CN1C(=O)c2ccccc2C1=O)C(C)C. The van der Waals surface area contributed by atoms with Crippen molar-refractivity contribution >= 4 is 33.3 Å². The fourth-order valence-electron chi connectivity index (χ4n) is 2.75. The first kappa shape index (κ1) is 16.6. The van der Waals surface area contributed by atoms with E-state index in [-0.39, 0.29) is 24.3 Å². The predicted molar refractivity (Wildman–Crippen MR) is 96.5 cm³/mol. The number of benzene rings is 1. The maximum absolute atomic E-state index is 12.6. The summed E-state index contributed by atoms with van der Waals surface area (Å²) in [6, 6.07) is 8.75. The smallest absolute Gasteiger partial charge is 0.261 e. The highest BCUT2D eigenvalue weighted by molar-refractivity contribution is 9.10. The zero-order valence-corrected chi connectivity index (χ0v) is 15.1. The molecule has 0 bridgehead atoms. The van der Waals surface area contributed by atoms with E-state index in [0.717, 1.165) is 16.7 Å². The van der Waals surface area contributed by atoms with Crippen LogP contribution in [0.4, 0.5) is 0 Å². The molecule has 0 fully saturated rings. The molecule has 2 amide bonds. The van der Waals surface area contributed by atoms with Gasteiger partial charge in [0, 0.05) is 11.8 Å². The number of pyridine rings is 1. The molecule has 3 rings (SSSR count). The first-order valence-corrected chi connectivity index (χ1v) is 8.48. The van der Waals surface area contributed by atoms with E-state index in [4.69, 9.17) is 0 Å². The lowest BCUT2D eigenvalue weighted by Gasteiger charge is -2.19. The van der Waals surface area contributed by atoms with Crippen molar-refractivity contribution in [3.05, 3.63) is 70.0 Å². The molecule has 2 aromatic rings. The number of rotatable bonds is 4. The van der Waals surface area contributed by atoms with Crippen LogP contribution in [-0.4, -0.2) is 21.7 Å². The molecule has 24 heavy (non-hydrogen) atoms. The zero-order chi connectivity index (χ0) is 17.4. The first-order chi connectivity index (χ1) is 11.4. The lowest BCUT2D eigenvalue weighted by atomic mass is 9.94. The van der Waals surface area contributed by atoms with E-state index in [1.54, 1.807) is 30.5 Å². The van der Waals surface area contributed by atoms with Crippen LogP contribution in [0.1, 0.15) is 45.7 Å². The van der Waals surface area contributed by atoms with Gasteiger partial charge in [-0.2, -0.15) is 0 Å². The Balaban J connectivity index is 1.98. The summed E-state index contributed by atoms with van der Waals surface area (Å²) in [5.41, 5.74) is 3.58. The minimum atomic E-state index is -0.260. The Morgan fingerprint density at radius 3 is 2.33 bits per heavy atom. The van der Waals surface area contributed by atoms with E-state index in [9.17, 15) is 9.59 Å². The highest BCUT2D eigenvalue weighted by atomic mass is 79.9. The lowest BCUT2D eigenvalue weighted by Crippen LogP contribution is -2.29. The molecule has 0 saturated carbocycles. The number of halogens is 1. The Labute approximate surface area is 149 Å². The standard InChI is InChI=1S/C19H17BrN2O2/c1-11(2)12(3)16-9-21-17(20)8-13(16)10-22-18(23)14-6-4-5-7-15(14)19(22)24/h4-9,11H,3,10H2,1-2H3. The van der Waals surface area contributed by atoms with E-state index in [1.807, 2.05) is 6.07 Å². The normalized spacial score (nSPS) is 13.6. The van der Waals surface area contributed by atoms with Gasteiger partial charge in [-0.3, -0.25) is 14.5 Å². The van der Waals surface area contributed by atoms with Gasteiger partial charge in [0.05, 0.1) is 17.7 Å². The number of amides is 2. The van der Waals surface area contributed by atoms with Gasteiger partial charge in [0.15, 0.2) is 0 Å². The fraction of sp³-hybridized carbons (Fsp3) is 0.211. The summed E-state index contributed by atoms with van der Waals surface area (Å²) in [5, 5.41) is 0. The summed E-state index contributed by atoms with van der Waals surface area (Å²) in [5.74, 6) is -0.275. The van der Waals surface area contributed by atoms with Crippen LogP contribution in [-0.2, 0) is 6.54 Å². The molecule has 0 atom stereocenters. The van der Waals surface area contributed by atoms with E-state index in [0.29, 0.717) is 15.7 Å². The molecule has 0 spiro atoms. The van der Waals surface area contributed by atoms with Crippen molar-refractivity contribution in [2.45, 2.75) is 20.4 Å². The average molecular weight is 385 g/mol. The van der Waals surface area contributed by atoms with Crippen molar-refractivity contribution in [2.75, 3.05) is 0 Å². The van der Waals surface area contributed by atoms with E-state index >= 15 is 0 Å². The molecule has 0 N–H and O–H groups in total. The second-order valence-electron chi connectivity index (χ2n) is 6.09. The molecule has 122 valence electrons. The van der Waals surface area contributed by atoms with Gasteiger partial charge in [-0.25, -0.2) is 4.98 Å². The average Bonchev–Trinajstić information content (AvgIpc) is 2.80. The number of fused-ring (bicyclic) bond motifs is 1. The number of allylic oxidation sites excluding steroid dienone is 1. The van der Waals surface area contributed by atoms with Crippen molar-refractivity contribution in [3.8, 4) is 0 Å². The minimum Gasteiger partial charge on any atom is -0.270 e. The minimum absolute atomic E-state index is 0.203. The Bertz CT molecular complexity index is 823. The van der Waals surface area contributed by atoms with Crippen molar-refractivity contribution < 1.29 is 9.59 Å².